The summed E-state index contributed by atoms with van der Waals surface area (Å²) < 4.78 is 0.623. The van der Waals surface area contributed by atoms with E-state index < -0.39 is 5.97 Å². The van der Waals surface area contributed by atoms with Gasteiger partial charge in [0.25, 0.3) is 0 Å². The molecule has 76 valence electrons. The minimum absolute atomic E-state index is 0.0229. The Morgan fingerprint density at radius 2 is 1.93 bits per heavy atom. The maximum absolute atomic E-state index is 10.9. The number of halogens is 1. The van der Waals surface area contributed by atoms with Gasteiger partial charge in [-0.25, -0.2) is 4.79 Å². The molecule has 0 fully saturated rings. The van der Waals surface area contributed by atoms with Crippen LogP contribution in [-0.2, 0) is 5.41 Å². The molecule has 0 saturated heterocycles. The molecule has 1 N–H and O–H groups in total. The van der Waals surface area contributed by atoms with E-state index in [-0.39, 0.29) is 5.41 Å². The number of carboxylic acids is 1. The molecule has 1 aromatic carbocycles. The lowest BCUT2D eigenvalue weighted by atomic mass is 9.86. The summed E-state index contributed by atoms with van der Waals surface area (Å²) in [6.07, 6.45) is 0. The lowest BCUT2D eigenvalue weighted by Crippen LogP contribution is -2.12. The summed E-state index contributed by atoms with van der Waals surface area (Å²) in [6, 6.07) is 5.44. The van der Waals surface area contributed by atoms with Crippen LogP contribution in [0.4, 0.5) is 0 Å². The standard InChI is InChI=1S/C11H13BrO2/c1-11(2,3)7-4-5-9(12)8(6-7)10(13)14/h4-6H,1-3H3,(H,13,14). The Morgan fingerprint density at radius 3 is 2.36 bits per heavy atom. The maximum Gasteiger partial charge on any atom is 0.336 e. The van der Waals surface area contributed by atoms with Crippen molar-refractivity contribution in [3.63, 3.8) is 0 Å². The molecule has 0 unspecified atom stereocenters. The molecule has 0 atom stereocenters. The molecule has 0 radical (unpaired) electrons. The number of carbonyl (C=O) groups is 1. The topological polar surface area (TPSA) is 37.3 Å². The number of hydrogen-bond donors (Lipinski definition) is 1. The van der Waals surface area contributed by atoms with Crippen LogP contribution in [0.15, 0.2) is 22.7 Å². The van der Waals surface area contributed by atoms with Gasteiger partial charge in [-0.3, -0.25) is 0 Å². The number of rotatable bonds is 1. The highest BCUT2D eigenvalue weighted by molar-refractivity contribution is 9.10. The van der Waals surface area contributed by atoms with Crippen LogP contribution in [0.25, 0.3) is 0 Å². The Balaban J connectivity index is 3.27. The van der Waals surface area contributed by atoms with Crippen molar-refractivity contribution < 1.29 is 9.90 Å². The molecule has 1 rings (SSSR count). The van der Waals surface area contributed by atoms with Gasteiger partial charge in [-0.15, -0.1) is 0 Å². The van der Waals surface area contributed by atoms with E-state index in [2.05, 4.69) is 36.7 Å². The van der Waals surface area contributed by atoms with Crippen LogP contribution >= 0.6 is 15.9 Å². The van der Waals surface area contributed by atoms with Gasteiger partial charge in [0.05, 0.1) is 5.56 Å². The van der Waals surface area contributed by atoms with E-state index in [9.17, 15) is 4.79 Å². The quantitative estimate of drug-likeness (QED) is 0.836. The molecule has 0 amide bonds. The SMILES string of the molecule is CC(C)(C)c1ccc(Br)c(C(=O)O)c1. The van der Waals surface area contributed by atoms with Crippen molar-refractivity contribution in [2.75, 3.05) is 0 Å². The van der Waals surface area contributed by atoms with Crippen LogP contribution in [0.1, 0.15) is 36.7 Å². The van der Waals surface area contributed by atoms with E-state index in [1.54, 1.807) is 12.1 Å². The lowest BCUT2D eigenvalue weighted by molar-refractivity contribution is 0.0695. The zero-order valence-electron chi connectivity index (χ0n) is 8.47. The van der Waals surface area contributed by atoms with Crippen LogP contribution in [0, 0.1) is 0 Å². The zero-order valence-corrected chi connectivity index (χ0v) is 10.1. The van der Waals surface area contributed by atoms with Crippen molar-refractivity contribution in [2.24, 2.45) is 0 Å². The molecule has 0 aromatic heterocycles. The van der Waals surface area contributed by atoms with Crippen molar-refractivity contribution >= 4 is 21.9 Å². The third-order valence-corrected chi connectivity index (χ3v) is 2.75. The first-order valence-corrected chi connectivity index (χ1v) is 5.15. The predicted octanol–water partition coefficient (Wildman–Crippen LogP) is 3.44. The molecule has 0 aliphatic heterocycles. The first kappa shape index (κ1) is 11.2. The fraction of sp³-hybridized carbons (Fsp3) is 0.364. The van der Waals surface area contributed by atoms with E-state index in [1.807, 2.05) is 6.07 Å². The largest absolute Gasteiger partial charge is 0.478 e. The number of benzene rings is 1. The molecule has 0 aliphatic carbocycles. The molecule has 3 heteroatoms. The normalized spacial score (nSPS) is 11.4. The van der Waals surface area contributed by atoms with Crippen LogP contribution in [0.3, 0.4) is 0 Å². The second-order valence-electron chi connectivity index (χ2n) is 4.25. The number of aromatic carboxylic acids is 1. The Labute approximate surface area is 92.1 Å². The number of hydrogen-bond acceptors (Lipinski definition) is 1. The molecular formula is C11H13BrO2. The van der Waals surface area contributed by atoms with Gasteiger partial charge in [-0.05, 0) is 39.0 Å². The summed E-state index contributed by atoms with van der Waals surface area (Å²) in [5.74, 6) is -0.900. The molecule has 2 nitrogen and oxygen atoms in total. The van der Waals surface area contributed by atoms with Gasteiger partial charge < -0.3 is 5.11 Å². The highest BCUT2D eigenvalue weighted by Crippen LogP contribution is 2.26. The lowest BCUT2D eigenvalue weighted by Gasteiger charge is -2.19. The first-order valence-electron chi connectivity index (χ1n) is 4.35. The van der Waals surface area contributed by atoms with Crippen LogP contribution in [0.5, 0.6) is 0 Å². The summed E-state index contributed by atoms with van der Waals surface area (Å²) in [6.45, 7) is 6.17. The van der Waals surface area contributed by atoms with Gasteiger partial charge >= 0.3 is 5.97 Å². The maximum atomic E-state index is 10.9. The Kier molecular flexibility index (Phi) is 3.00. The van der Waals surface area contributed by atoms with Crippen LogP contribution < -0.4 is 0 Å². The van der Waals surface area contributed by atoms with Crippen LogP contribution in [0.2, 0.25) is 0 Å². The van der Waals surface area contributed by atoms with Gasteiger partial charge in [0, 0.05) is 4.47 Å². The Morgan fingerprint density at radius 1 is 1.36 bits per heavy atom. The van der Waals surface area contributed by atoms with Gasteiger partial charge in [0.2, 0.25) is 0 Å². The van der Waals surface area contributed by atoms with Crippen molar-refractivity contribution in [3.05, 3.63) is 33.8 Å². The molecular weight excluding hydrogens is 244 g/mol. The van der Waals surface area contributed by atoms with E-state index in [1.165, 1.54) is 0 Å². The van der Waals surface area contributed by atoms with Gasteiger partial charge in [0.1, 0.15) is 0 Å². The van der Waals surface area contributed by atoms with Gasteiger partial charge in [-0.1, -0.05) is 26.8 Å². The smallest absolute Gasteiger partial charge is 0.336 e. The van der Waals surface area contributed by atoms with Gasteiger partial charge in [-0.2, -0.15) is 0 Å². The highest BCUT2D eigenvalue weighted by atomic mass is 79.9. The second-order valence-corrected chi connectivity index (χ2v) is 5.10. The van der Waals surface area contributed by atoms with Crippen molar-refractivity contribution in [3.8, 4) is 0 Å². The third-order valence-electron chi connectivity index (χ3n) is 2.06. The van der Waals surface area contributed by atoms with Crippen molar-refractivity contribution in [1.29, 1.82) is 0 Å². The Hall–Kier alpha value is -0.830. The molecule has 0 saturated carbocycles. The fourth-order valence-corrected chi connectivity index (χ4v) is 1.57. The summed E-state index contributed by atoms with van der Waals surface area (Å²) >= 11 is 3.22. The van der Waals surface area contributed by atoms with Crippen molar-refractivity contribution in [2.45, 2.75) is 26.2 Å². The molecule has 1 aromatic rings. The average Bonchev–Trinajstić information content (AvgIpc) is 2.02. The summed E-state index contributed by atoms with van der Waals surface area (Å²) in [5, 5.41) is 8.93. The van der Waals surface area contributed by atoms with E-state index in [0.29, 0.717) is 10.0 Å². The predicted molar refractivity (Wildman–Crippen MR) is 59.8 cm³/mol. The average molecular weight is 257 g/mol. The number of carboxylic acid groups (broad SMARTS) is 1. The monoisotopic (exact) mass is 256 g/mol. The molecule has 0 bridgehead atoms. The third kappa shape index (κ3) is 2.35. The van der Waals surface area contributed by atoms with Gasteiger partial charge in [0.15, 0.2) is 0 Å². The minimum atomic E-state index is -0.900. The first-order chi connectivity index (χ1) is 6.32. The summed E-state index contributed by atoms with van der Waals surface area (Å²) in [5.41, 5.74) is 1.32. The Bertz CT molecular complexity index is 364. The minimum Gasteiger partial charge on any atom is -0.478 e. The highest BCUT2D eigenvalue weighted by Gasteiger charge is 2.17. The van der Waals surface area contributed by atoms with E-state index >= 15 is 0 Å². The molecule has 0 spiro atoms. The van der Waals surface area contributed by atoms with E-state index in [4.69, 9.17) is 5.11 Å². The fourth-order valence-electron chi connectivity index (χ4n) is 1.16. The zero-order chi connectivity index (χ0) is 10.9. The van der Waals surface area contributed by atoms with Crippen molar-refractivity contribution in [1.82, 2.24) is 0 Å². The second kappa shape index (κ2) is 3.73. The van der Waals surface area contributed by atoms with E-state index in [0.717, 1.165) is 5.56 Å². The molecule has 0 aliphatic rings. The molecule has 14 heavy (non-hydrogen) atoms. The van der Waals surface area contributed by atoms with Crippen LogP contribution in [-0.4, -0.2) is 11.1 Å². The molecule has 0 heterocycles. The summed E-state index contributed by atoms with van der Waals surface area (Å²) in [7, 11) is 0. The summed E-state index contributed by atoms with van der Waals surface area (Å²) in [4.78, 5) is 10.9.